The Bertz CT molecular complexity index is 1460. The van der Waals surface area contributed by atoms with Crippen molar-refractivity contribution in [1.29, 1.82) is 0 Å². The summed E-state index contributed by atoms with van der Waals surface area (Å²) in [6.07, 6.45) is 1.43. The molecular weight excluding hydrogens is 455 g/mol. The summed E-state index contributed by atoms with van der Waals surface area (Å²) in [4.78, 5) is 16.0. The van der Waals surface area contributed by atoms with E-state index in [4.69, 9.17) is 4.42 Å². The van der Waals surface area contributed by atoms with Gasteiger partial charge in [-0.1, -0.05) is 24.3 Å². The van der Waals surface area contributed by atoms with Crippen molar-refractivity contribution in [2.75, 3.05) is 17.8 Å². The molecule has 8 nitrogen and oxygen atoms in total. The first-order valence-electron chi connectivity index (χ1n) is 9.91. The van der Waals surface area contributed by atoms with Crippen LogP contribution in [0.4, 0.5) is 9.52 Å². The predicted molar refractivity (Wildman–Crippen MR) is 119 cm³/mol. The van der Waals surface area contributed by atoms with Gasteiger partial charge in [-0.15, -0.1) is 11.3 Å². The molecule has 0 amide bonds. The average molecular weight is 475 g/mol. The SMILES string of the molecule is C[C@@H](c1ccccc1C1CNC1)n1c(=O)oc2cc(S(=O)(=O)Nc3nccs3)c(F)cc21. The number of hydrogen-bond acceptors (Lipinski definition) is 7. The Morgan fingerprint density at radius 2 is 2.09 bits per heavy atom. The number of sulfonamides is 1. The van der Waals surface area contributed by atoms with Gasteiger partial charge < -0.3 is 9.73 Å². The summed E-state index contributed by atoms with van der Waals surface area (Å²) in [6, 6.07) is 9.44. The van der Waals surface area contributed by atoms with E-state index in [1.807, 2.05) is 31.2 Å². The van der Waals surface area contributed by atoms with E-state index in [2.05, 4.69) is 15.0 Å². The fourth-order valence-electron chi connectivity index (χ4n) is 3.96. The monoisotopic (exact) mass is 474 g/mol. The molecule has 5 rings (SSSR count). The minimum Gasteiger partial charge on any atom is -0.408 e. The molecule has 0 bridgehead atoms. The maximum atomic E-state index is 15.0. The van der Waals surface area contributed by atoms with Gasteiger partial charge in [0.1, 0.15) is 10.7 Å². The summed E-state index contributed by atoms with van der Waals surface area (Å²) in [5, 5.41) is 4.94. The lowest BCUT2D eigenvalue weighted by atomic mass is 9.87. The Labute approximate surface area is 186 Å². The maximum absolute atomic E-state index is 15.0. The third-order valence-corrected chi connectivity index (χ3v) is 7.84. The molecule has 2 aromatic carbocycles. The van der Waals surface area contributed by atoms with Gasteiger partial charge in [0.2, 0.25) is 0 Å². The highest BCUT2D eigenvalue weighted by Crippen LogP contribution is 2.32. The molecule has 166 valence electrons. The molecule has 1 aliphatic rings. The van der Waals surface area contributed by atoms with Gasteiger partial charge in [-0.25, -0.2) is 22.6 Å². The van der Waals surface area contributed by atoms with Crippen molar-refractivity contribution >= 4 is 37.6 Å². The number of hydrogen-bond donors (Lipinski definition) is 2. The number of rotatable bonds is 6. The zero-order chi connectivity index (χ0) is 22.5. The fourth-order valence-corrected chi connectivity index (χ4v) is 5.83. The number of anilines is 1. The number of nitrogens with one attached hydrogen (secondary N) is 2. The number of oxazole rings is 1. The van der Waals surface area contributed by atoms with Crippen LogP contribution in [0.1, 0.15) is 30.0 Å². The third-order valence-electron chi connectivity index (χ3n) is 5.67. The zero-order valence-corrected chi connectivity index (χ0v) is 18.5. The Hall–Kier alpha value is -3.02. The van der Waals surface area contributed by atoms with E-state index in [0.29, 0.717) is 5.92 Å². The van der Waals surface area contributed by atoms with Crippen molar-refractivity contribution in [1.82, 2.24) is 14.9 Å². The second-order valence-electron chi connectivity index (χ2n) is 7.59. The fraction of sp³-hybridized carbons (Fsp3) is 0.238. The van der Waals surface area contributed by atoms with Crippen LogP contribution in [0.5, 0.6) is 0 Å². The molecule has 4 aromatic rings. The Balaban J connectivity index is 1.59. The van der Waals surface area contributed by atoms with Crippen LogP contribution in [0.15, 0.2) is 62.1 Å². The smallest absolute Gasteiger partial charge is 0.408 e. The summed E-state index contributed by atoms with van der Waals surface area (Å²) in [5.74, 6) is -1.33. The summed E-state index contributed by atoms with van der Waals surface area (Å²) >= 11 is 1.07. The molecule has 3 heterocycles. The molecule has 1 saturated heterocycles. The highest BCUT2D eigenvalue weighted by Gasteiger charge is 2.28. The second kappa shape index (κ2) is 7.84. The van der Waals surface area contributed by atoms with Crippen LogP contribution >= 0.6 is 11.3 Å². The van der Waals surface area contributed by atoms with Gasteiger partial charge in [-0.2, -0.15) is 0 Å². The van der Waals surface area contributed by atoms with Crippen LogP contribution in [-0.4, -0.2) is 31.1 Å². The standard InChI is InChI=1S/C21H19FN4O4S2/c1-12(14-4-2-3-5-15(14)13-10-23-11-13)26-17-8-16(22)19(9-18(17)30-21(26)27)32(28,29)25-20-24-6-7-31-20/h2-9,12-13,23H,10-11H2,1H3,(H,24,25)/t12-/m0/s1. The molecule has 0 unspecified atom stereocenters. The van der Waals surface area contributed by atoms with Crippen molar-refractivity contribution in [3.63, 3.8) is 0 Å². The largest absolute Gasteiger partial charge is 0.420 e. The molecule has 2 aromatic heterocycles. The second-order valence-corrected chi connectivity index (χ2v) is 10.1. The molecule has 1 aliphatic heterocycles. The van der Waals surface area contributed by atoms with Crippen molar-refractivity contribution in [3.05, 3.63) is 75.5 Å². The number of thiazole rings is 1. The van der Waals surface area contributed by atoms with Crippen molar-refractivity contribution in [3.8, 4) is 0 Å². The predicted octanol–water partition coefficient (Wildman–Crippen LogP) is 3.29. The van der Waals surface area contributed by atoms with Gasteiger partial charge in [0.25, 0.3) is 10.0 Å². The molecule has 1 atom stereocenters. The number of fused-ring (bicyclic) bond motifs is 1. The van der Waals surface area contributed by atoms with Gasteiger partial charge >= 0.3 is 5.76 Å². The normalized spacial score (nSPS) is 15.6. The van der Waals surface area contributed by atoms with E-state index in [-0.39, 0.29) is 16.2 Å². The highest BCUT2D eigenvalue weighted by atomic mass is 32.2. The minimum absolute atomic E-state index is 0.00874. The topological polar surface area (TPSA) is 106 Å². The lowest BCUT2D eigenvalue weighted by molar-refractivity contribution is 0.438. The molecular formula is C21H19FN4O4S2. The first-order valence-corrected chi connectivity index (χ1v) is 12.3. The van der Waals surface area contributed by atoms with Crippen molar-refractivity contribution in [2.45, 2.75) is 23.8 Å². The van der Waals surface area contributed by atoms with Gasteiger partial charge in [-0.3, -0.25) is 9.29 Å². The third kappa shape index (κ3) is 3.51. The van der Waals surface area contributed by atoms with Crippen LogP contribution < -0.4 is 15.8 Å². The molecule has 32 heavy (non-hydrogen) atoms. The van der Waals surface area contributed by atoms with E-state index in [1.165, 1.54) is 10.8 Å². The summed E-state index contributed by atoms with van der Waals surface area (Å²) < 4.78 is 49.2. The molecule has 0 spiro atoms. The Kier molecular flexibility index (Phi) is 5.11. The van der Waals surface area contributed by atoms with E-state index < -0.39 is 32.5 Å². The lowest BCUT2D eigenvalue weighted by Crippen LogP contribution is -2.40. The van der Waals surface area contributed by atoms with Gasteiger partial charge in [-0.05, 0) is 18.1 Å². The average Bonchev–Trinajstić information content (AvgIpc) is 3.32. The summed E-state index contributed by atoms with van der Waals surface area (Å²) in [7, 11) is -4.25. The van der Waals surface area contributed by atoms with Gasteiger partial charge in [0.15, 0.2) is 10.7 Å². The number of benzene rings is 2. The summed E-state index contributed by atoms with van der Waals surface area (Å²) in [6.45, 7) is 3.55. The Morgan fingerprint density at radius 1 is 1.31 bits per heavy atom. The Morgan fingerprint density at radius 3 is 2.78 bits per heavy atom. The molecule has 0 radical (unpaired) electrons. The van der Waals surface area contributed by atoms with Gasteiger partial charge in [0.05, 0.1) is 11.6 Å². The van der Waals surface area contributed by atoms with E-state index in [1.54, 1.807) is 5.38 Å². The quantitative estimate of drug-likeness (QED) is 0.444. The highest BCUT2D eigenvalue weighted by molar-refractivity contribution is 7.93. The van der Waals surface area contributed by atoms with Crippen LogP contribution in [0.3, 0.4) is 0 Å². The minimum atomic E-state index is -4.25. The number of halogens is 1. The van der Waals surface area contributed by atoms with Gasteiger partial charge in [0, 0.05) is 42.7 Å². The van der Waals surface area contributed by atoms with Crippen molar-refractivity contribution in [2.24, 2.45) is 0 Å². The zero-order valence-electron chi connectivity index (χ0n) is 16.9. The van der Waals surface area contributed by atoms with E-state index >= 15 is 0 Å². The van der Waals surface area contributed by atoms with Crippen LogP contribution in [0.2, 0.25) is 0 Å². The van der Waals surface area contributed by atoms with Crippen LogP contribution in [-0.2, 0) is 10.0 Å². The molecule has 11 heteroatoms. The maximum Gasteiger partial charge on any atom is 0.420 e. The van der Waals surface area contributed by atoms with E-state index in [9.17, 15) is 17.6 Å². The molecule has 1 fully saturated rings. The van der Waals surface area contributed by atoms with E-state index in [0.717, 1.165) is 47.7 Å². The molecule has 0 saturated carbocycles. The number of aromatic nitrogens is 2. The first-order chi connectivity index (χ1) is 15.3. The first kappa shape index (κ1) is 20.9. The molecule has 2 N–H and O–H groups in total. The lowest BCUT2D eigenvalue weighted by Gasteiger charge is -2.31. The van der Waals surface area contributed by atoms with Crippen LogP contribution in [0.25, 0.3) is 11.1 Å². The summed E-state index contributed by atoms with van der Waals surface area (Å²) in [5.41, 5.74) is 2.24. The molecule has 0 aliphatic carbocycles. The van der Waals surface area contributed by atoms with Crippen LogP contribution in [0, 0.1) is 5.82 Å². The van der Waals surface area contributed by atoms with Crippen molar-refractivity contribution < 1.29 is 17.2 Å². The number of nitrogens with zero attached hydrogens (tertiary/aromatic N) is 2.